The number of ether oxygens (including phenoxy) is 12. The summed E-state index contributed by atoms with van der Waals surface area (Å²) in [4.78, 5) is 0. The Balaban J connectivity index is 0.758. The molecular weight excluding hydrogens is 1140 g/mol. The number of allylic oxidation sites excluding steroid dienone is 1. The zero-order chi connectivity index (χ0) is 61.1. The van der Waals surface area contributed by atoms with E-state index in [0.717, 1.165) is 31.3 Å². The first kappa shape index (κ1) is 65.1. The second-order valence-corrected chi connectivity index (χ2v) is 26.5. The van der Waals surface area contributed by atoms with Crippen LogP contribution >= 0.6 is 0 Å². The van der Waals surface area contributed by atoms with Crippen LogP contribution in [0, 0.1) is 46.3 Å². The fourth-order valence-corrected chi connectivity index (χ4v) is 16.8. The molecule has 7 aliphatic heterocycles. The lowest BCUT2D eigenvalue weighted by Gasteiger charge is -2.59. The summed E-state index contributed by atoms with van der Waals surface area (Å²) in [6.07, 6.45) is -37.8. The molecule has 0 amide bonds. The van der Waals surface area contributed by atoms with Gasteiger partial charge in [0.15, 0.2) is 37.2 Å². The highest BCUT2D eigenvalue weighted by Crippen LogP contribution is 2.71. The average molecular weight is 1230 g/mol. The summed E-state index contributed by atoms with van der Waals surface area (Å²) < 4.78 is 73.3. The molecule has 0 aromatic heterocycles. The lowest BCUT2D eigenvalue weighted by atomic mass is 9.46. The van der Waals surface area contributed by atoms with E-state index in [0.29, 0.717) is 19.4 Å². The number of aliphatic hydroxyl groups is 17. The molecule has 2 unspecified atom stereocenters. The third kappa shape index (κ3) is 11.3. The molecule has 7 saturated heterocycles. The van der Waals surface area contributed by atoms with Crippen molar-refractivity contribution < 1.29 is 144 Å². The van der Waals surface area contributed by atoms with Gasteiger partial charge in [0.2, 0.25) is 0 Å². The van der Waals surface area contributed by atoms with Gasteiger partial charge in [0.1, 0.15) is 116 Å². The Bertz CT molecular complexity index is 2290. The first-order valence-electron chi connectivity index (χ1n) is 30.1. The first-order valence-corrected chi connectivity index (χ1v) is 30.1. The Morgan fingerprint density at radius 1 is 0.518 bits per heavy atom. The van der Waals surface area contributed by atoms with Crippen LogP contribution in [-0.4, -0.2) is 304 Å². The van der Waals surface area contributed by atoms with Gasteiger partial charge in [-0.3, -0.25) is 0 Å². The number of hydrogen-bond donors (Lipinski definition) is 17. The van der Waals surface area contributed by atoms with Crippen LogP contribution in [0.4, 0.5) is 0 Å². The molecular formula is C56H90O29. The van der Waals surface area contributed by atoms with E-state index in [1.165, 1.54) is 0 Å². The van der Waals surface area contributed by atoms with Crippen LogP contribution in [0.25, 0.3) is 0 Å². The van der Waals surface area contributed by atoms with Crippen molar-refractivity contribution >= 4 is 0 Å². The minimum atomic E-state index is -2.05. The summed E-state index contributed by atoms with van der Waals surface area (Å²) in [6, 6.07) is 0. The minimum Gasteiger partial charge on any atom is -0.394 e. The van der Waals surface area contributed by atoms with Gasteiger partial charge >= 0.3 is 0 Å². The number of rotatable bonds is 14. The zero-order valence-electron chi connectivity index (χ0n) is 47.9. The Morgan fingerprint density at radius 3 is 1.69 bits per heavy atom. The van der Waals surface area contributed by atoms with E-state index >= 15 is 0 Å². The molecule has 3 saturated carbocycles. The Hall–Kier alpha value is -1.42. The first-order chi connectivity index (χ1) is 40.3. The van der Waals surface area contributed by atoms with Crippen LogP contribution < -0.4 is 0 Å². The maximum Gasteiger partial charge on any atom is 0.187 e. The largest absolute Gasteiger partial charge is 0.394 e. The number of fused-ring (bicyclic) bond motifs is 7. The summed E-state index contributed by atoms with van der Waals surface area (Å²) in [5.41, 5.74) is 0.504. The standard InChI is InChI=1S/C56H90O29/c1-19-17-75-56(12-29(19)77-50-43(71)39(67)36(64)30(13-57)78-50)20(2)34-28(85-56)10-24-22-6-5-21-9-27(25(61)11-55(21,4)23(22)7-8-54(24,34)3)76-51-45(73)41(69)46(33(16-60)81-51)82-53-48(84-52-44(72)40(68)37(65)31(14-58)79-52)47(38(66)32(15-59)80-53)83-49-42(70)35(63)26(62)18-74-49/h5,19-20,22-53,57-73H,6-18H2,1-4H3/t19-,20-,22+,23?,24?,25+,26+,27+,28-,29-,30+,31+,32+,33+,34-,35-,36+,37+,38+,39-,40-,41+,42+,43+,44+,45+,46-,47-,48+,49-,50+,51+,52-,53-,54-,55-,56+/m0/s1. The molecule has 0 bridgehead atoms. The molecule has 1 spiro atoms. The highest BCUT2D eigenvalue weighted by molar-refractivity contribution is 5.28. The normalized spacial score (nSPS) is 57.1. The quantitative estimate of drug-likeness (QED) is 0.0719. The molecule has 488 valence electrons. The Kier molecular flexibility index (Phi) is 19.3. The molecule has 7 heterocycles. The van der Waals surface area contributed by atoms with E-state index in [4.69, 9.17) is 56.8 Å². The summed E-state index contributed by atoms with van der Waals surface area (Å²) >= 11 is 0. The second kappa shape index (κ2) is 25.2. The second-order valence-electron chi connectivity index (χ2n) is 26.5. The molecule has 29 nitrogen and oxygen atoms in total. The minimum absolute atomic E-state index is 0.0531. The van der Waals surface area contributed by atoms with E-state index in [-0.39, 0.29) is 53.4 Å². The predicted octanol–water partition coefficient (Wildman–Crippen LogP) is -6.58. The fraction of sp³-hybridized carbons (Fsp3) is 0.964. The highest BCUT2D eigenvalue weighted by Gasteiger charge is 2.70. The molecule has 37 atom stereocenters. The molecule has 0 radical (unpaired) electrons. The lowest BCUT2D eigenvalue weighted by molar-refractivity contribution is -0.404. The molecule has 4 aliphatic carbocycles. The van der Waals surface area contributed by atoms with Gasteiger partial charge in [0, 0.05) is 18.3 Å². The number of hydrogen-bond acceptors (Lipinski definition) is 29. The monoisotopic (exact) mass is 1230 g/mol. The summed E-state index contributed by atoms with van der Waals surface area (Å²) in [5.74, 6) is -0.310. The van der Waals surface area contributed by atoms with Crippen LogP contribution in [0.15, 0.2) is 11.6 Å². The molecule has 11 aliphatic rings. The van der Waals surface area contributed by atoms with E-state index in [1.807, 2.05) is 6.92 Å². The van der Waals surface area contributed by atoms with Crippen molar-refractivity contribution in [1.29, 1.82) is 0 Å². The van der Waals surface area contributed by atoms with Crippen molar-refractivity contribution in [2.75, 3.05) is 39.6 Å². The van der Waals surface area contributed by atoms with Crippen LogP contribution in [0.5, 0.6) is 0 Å². The Morgan fingerprint density at radius 2 is 1.06 bits per heavy atom. The van der Waals surface area contributed by atoms with Crippen molar-refractivity contribution in [2.45, 2.75) is 250 Å². The van der Waals surface area contributed by atoms with E-state index < -0.39 is 210 Å². The maximum absolute atomic E-state index is 12.1. The third-order valence-corrected chi connectivity index (χ3v) is 21.8. The van der Waals surface area contributed by atoms with Crippen molar-refractivity contribution in [2.24, 2.45) is 46.3 Å². The van der Waals surface area contributed by atoms with Gasteiger partial charge in [0.25, 0.3) is 0 Å². The van der Waals surface area contributed by atoms with Crippen molar-refractivity contribution in [3.63, 3.8) is 0 Å². The summed E-state index contributed by atoms with van der Waals surface area (Å²) in [5, 5.41) is 183. The molecule has 0 aromatic carbocycles. The predicted molar refractivity (Wildman–Crippen MR) is 278 cm³/mol. The molecule has 10 fully saturated rings. The van der Waals surface area contributed by atoms with Crippen LogP contribution in [0.1, 0.15) is 72.6 Å². The van der Waals surface area contributed by atoms with E-state index in [9.17, 15) is 86.8 Å². The molecule has 11 rings (SSSR count). The third-order valence-electron chi connectivity index (χ3n) is 21.8. The van der Waals surface area contributed by atoms with Gasteiger partial charge in [-0.05, 0) is 73.0 Å². The number of aliphatic hydroxyl groups excluding tert-OH is 17. The molecule has 0 aromatic rings. The topological polar surface area (TPSA) is 455 Å². The van der Waals surface area contributed by atoms with Gasteiger partial charge in [-0.25, -0.2) is 0 Å². The molecule has 85 heavy (non-hydrogen) atoms. The molecule has 29 heteroatoms. The van der Waals surface area contributed by atoms with E-state index in [1.54, 1.807) is 0 Å². The van der Waals surface area contributed by atoms with Gasteiger partial charge in [-0.1, -0.05) is 39.3 Å². The van der Waals surface area contributed by atoms with Crippen LogP contribution in [-0.2, 0) is 56.8 Å². The Labute approximate surface area is 490 Å². The van der Waals surface area contributed by atoms with Gasteiger partial charge in [-0.2, -0.15) is 0 Å². The van der Waals surface area contributed by atoms with Gasteiger partial charge < -0.3 is 144 Å². The van der Waals surface area contributed by atoms with Crippen LogP contribution in [0.3, 0.4) is 0 Å². The highest BCUT2D eigenvalue weighted by atomic mass is 16.8. The average Bonchev–Trinajstić information content (AvgIpc) is 1.65. The van der Waals surface area contributed by atoms with Crippen molar-refractivity contribution in [1.82, 2.24) is 0 Å². The lowest BCUT2D eigenvalue weighted by Crippen LogP contribution is -2.68. The fourth-order valence-electron chi connectivity index (χ4n) is 16.8. The molecule has 17 N–H and O–H groups in total. The zero-order valence-corrected chi connectivity index (χ0v) is 47.9. The van der Waals surface area contributed by atoms with Crippen molar-refractivity contribution in [3.8, 4) is 0 Å². The van der Waals surface area contributed by atoms with Crippen molar-refractivity contribution in [3.05, 3.63) is 11.6 Å². The smallest absolute Gasteiger partial charge is 0.187 e. The maximum atomic E-state index is 12.1. The van der Waals surface area contributed by atoms with E-state index in [2.05, 4.69) is 26.8 Å². The van der Waals surface area contributed by atoms with Crippen LogP contribution in [0.2, 0.25) is 0 Å². The van der Waals surface area contributed by atoms with Gasteiger partial charge in [-0.15, -0.1) is 0 Å². The van der Waals surface area contributed by atoms with Gasteiger partial charge in [0.05, 0.1) is 64.1 Å². The SMILES string of the molecule is C[C@H]1CO[C@]2(C[C@@H]1O[C@@H]1O[C@H](CO)[C@@H](O)[C@H](O)[C@H]1O)O[C@H]1CC3[C@@H]4CC=C5C[C@@H](O[C@@H]6O[C@H](CO)[C@H](O[C@@H]7O[C@H](CO)[C@@H](O)[C@H](O[C@@H]8OC[C@@H](O)[C@H](O)[C@H]8O)[C@H]7O[C@@H]7O[C@H](CO)[C@@H](O)[C@H](O)[C@H]7O)[C@H](O)[C@H]6O)[C@H](O)C[C@]5(C)C4CC[C@]3(C)[C@H]1[C@@H]2C. The summed E-state index contributed by atoms with van der Waals surface area (Å²) in [7, 11) is 0. The summed E-state index contributed by atoms with van der Waals surface area (Å²) in [6.45, 7) is 5.18.